The third kappa shape index (κ3) is 3.81. The zero-order valence-corrected chi connectivity index (χ0v) is 15.6. The SMILES string of the molecule is O=C(NCCn1ncc2c(=O)n(Cc3ccccc3)cnc21)c1ccc([N+](=O)[O-])o1. The smallest absolute Gasteiger partial charge is 0.395 e. The molecule has 11 nitrogen and oxygen atoms in total. The van der Waals surface area contributed by atoms with Crippen LogP contribution in [0.1, 0.15) is 16.1 Å². The molecule has 3 heterocycles. The fourth-order valence-corrected chi connectivity index (χ4v) is 2.96. The third-order valence-corrected chi connectivity index (χ3v) is 4.42. The molecule has 0 aliphatic heterocycles. The molecule has 0 fully saturated rings. The summed E-state index contributed by atoms with van der Waals surface area (Å²) in [5, 5.41) is 17.8. The molecule has 11 heteroatoms. The lowest BCUT2D eigenvalue weighted by molar-refractivity contribution is -0.402. The maximum absolute atomic E-state index is 12.7. The molecule has 0 aliphatic rings. The van der Waals surface area contributed by atoms with Gasteiger partial charge in [-0.15, -0.1) is 0 Å². The van der Waals surface area contributed by atoms with Crippen LogP contribution in [0.15, 0.2) is 64.2 Å². The number of hydrogen-bond acceptors (Lipinski definition) is 7. The van der Waals surface area contributed by atoms with Crippen LogP contribution in [-0.2, 0) is 13.1 Å². The molecule has 152 valence electrons. The van der Waals surface area contributed by atoms with Gasteiger partial charge in [0.25, 0.3) is 11.5 Å². The molecule has 0 bridgehead atoms. The summed E-state index contributed by atoms with van der Waals surface area (Å²) in [6, 6.07) is 11.9. The van der Waals surface area contributed by atoms with Crippen molar-refractivity contribution in [2.24, 2.45) is 0 Å². The molecule has 3 aromatic heterocycles. The average Bonchev–Trinajstić information content (AvgIpc) is 3.39. The number of amides is 1. The number of nitrogens with one attached hydrogen (secondary N) is 1. The van der Waals surface area contributed by atoms with Crippen LogP contribution in [-0.4, -0.2) is 36.7 Å². The summed E-state index contributed by atoms with van der Waals surface area (Å²) in [5.41, 5.74) is 1.18. The zero-order chi connectivity index (χ0) is 21.1. The summed E-state index contributed by atoms with van der Waals surface area (Å²) < 4.78 is 7.87. The fourth-order valence-electron chi connectivity index (χ4n) is 2.96. The molecule has 1 N–H and O–H groups in total. The monoisotopic (exact) mass is 408 g/mol. The van der Waals surface area contributed by atoms with Crippen LogP contribution >= 0.6 is 0 Å². The standard InChI is InChI=1S/C19H16N6O5/c26-18(15-6-7-16(30-15)25(28)29)20-8-9-24-17-14(10-22-24)19(27)23(12-21-17)11-13-4-2-1-3-5-13/h1-7,10,12H,8-9,11H2,(H,20,26). The van der Waals surface area contributed by atoms with E-state index in [2.05, 4.69) is 15.4 Å². The van der Waals surface area contributed by atoms with Crippen molar-refractivity contribution in [1.82, 2.24) is 24.6 Å². The molecule has 1 aromatic carbocycles. The van der Waals surface area contributed by atoms with Gasteiger partial charge in [-0.3, -0.25) is 24.3 Å². The zero-order valence-electron chi connectivity index (χ0n) is 15.6. The number of rotatable bonds is 7. The van der Waals surface area contributed by atoms with Gasteiger partial charge in [0.15, 0.2) is 11.4 Å². The van der Waals surface area contributed by atoms with E-state index in [1.807, 2.05) is 30.3 Å². The van der Waals surface area contributed by atoms with E-state index in [-0.39, 0.29) is 24.4 Å². The second kappa shape index (κ2) is 7.99. The Bertz CT molecular complexity index is 1270. The minimum atomic E-state index is -0.719. The molecule has 0 spiro atoms. The third-order valence-electron chi connectivity index (χ3n) is 4.42. The number of carbonyl (C=O) groups is 1. The van der Waals surface area contributed by atoms with Gasteiger partial charge in [-0.25, -0.2) is 9.67 Å². The lowest BCUT2D eigenvalue weighted by Crippen LogP contribution is -2.27. The predicted octanol–water partition coefficient (Wildman–Crippen LogP) is 1.57. The van der Waals surface area contributed by atoms with Crippen molar-refractivity contribution in [2.75, 3.05) is 6.54 Å². The van der Waals surface area contributed by atoms with E-state index in [0.717, 1.165) is 11.6 Å². The predicted molar refractivity (Wildman–Crippen MR) is 105 cm³/mol. The summed E-state index contributed by atoms with van der Waals surface area (Å²) in [6.07, 6.45) is 2.92. The van der Waals surface area contributed by atoms with Crippen LogP contribution < -0.4 is 10.9 Å². The number of fused-ring (bicyclic) bond motifs is 1. The highest BCUT2D eigenvalue weighted by Crippen LogP contribution is 2.15. The number of aromatic nitrogens is 4. The van der Waals surface area contributed by atoms with Crippen LogP contribution in [0, 0.1) is 10.1 Å². The van der Waals surface area contributed by atoms with Crippen molar-refractivity contribution in [3.05, 3.63) is 86.8 Å². The van der Waals surface area contributed by atoms with E-state index in [1.165, 1.54) is 27.8 Å². The second-order valence-corrected chi connectivity index (χ2v) is 6.42. The lowest BCUT2D eigenvalue weighted by Gasteiger charge is -2.07. The van der Waals surface area contributed by atoms with Gasteiger partial charge in [-0.05, 0) is 11.6 Å². The van der Waals surface area contributed by atoms with E-state index in [4.69, 9.17) is 4.42 Å². The summed E-state index contributed by atoms with van der Waals surface area (Å²) in [4.78, 5) is 39.0. The highest BCUT2D eigenvalue weighted by atomic mass is 16.6. The van der Waals surface area contributed by atoms with Gasteiger partial charge in [0, 0.05) is 6.54 Å². The van der Waals surface area contributed by atoms with Gasteiger partial charge in [-0.1, -0.05) is 30.3 Å². The van der Waals surface area contributed by atoms with Gasteiger partial charge in [0.2, 0.25) is 0 Å². The first-order valence-corrected chi connectivity index (χ1v) is 9.00. The van der Waals surface area contributed by atoms with Crippen molar-refractivity contribution in [3.8, 4) is 0 Å². The largest absolute Gasteiger partial charge is 0.433 e. The van der Waals surface area contributed by atoms with Crippen LogP contribution in [0.4, 0.5) is 5.88 Å². The first-order valence-electron chi connectivity index (χ1n) is 9.00. The van der Waals surface area contributed by atoms with Crippen molar-refractivity contribution >= 4 is 22.8 Å². The highest BCUT2D eigenvalue weighted by molar-refractivity contribution is 5.91. The number of hydrogen-bond donors (Lipinski definition) is 1. The van der Waals surface area contributed by atoms with E-state index in [1.54, 1.807) is 0 Å². The molecule has 1 amide bonds. The van der Waals surface area contributed by atoms with Crippen molar-refractivity contribution in [3.63, 3.8) is 0 Å². The minimum absolute atomic E-state index is 0.158. The Labute approximate surface area is 168 Å². The van der Waals surface area contributed by atoms with Crippen LogP contribution in [0.3, 0.4) is 0 Å². The fraction of sp³-hybridized carbons (Fsp3) is 0.158. The Morgan fingerprint density at radius 2 is 2.00 bits per heavy atom. The molecule has 4 aromatic rings. The molecule has 0 aliphatic carbocycles. The molecule has 4 rings (SSSR count). The second-order valence-electron chi connectivity index (χ2n) is 6.42. The quantitative estimate of drug-likeness (QED) is 0.362. The first kappa shape index (κ1) is 19.1. The molecule has 0 saturated carbocycles. The van der Waals surface area contributed by atoms with E-state index in [9.17, 15) is 19.7 Å². The van der Waals surface area contributed by atoms with Gasteiger partial charge in [-0.2, -0.15) is 5.10 Å². The summed E-state index contributed by atoms with van der Waals surface area (Å²) in [6.45, 7) is 0.825. The van der Waals surface area contributed by atoms with E-state index in [0.29, 0.717) is 17.6 Å². The van der Waals surface area contributed by atoms with E-state index < -0.39 is 16.7 Å². The molecule has 0 radical (unpaired) electrons. The van der Waals surface area contributed by atoms with Crippen LogP contribution in [0.25, 0.3) is 11.0 Å². The first-order chi connectivity index (χ1) is 14.5. The molecular formula is C19H16N6O5. The average molecular weight is 408 g/mol. The number of carbonyl (C=O) groups excluding carboxylic acids is 1. The van der Waals surface area contributed by atoms with Gasteiger partial charge in [0.05, 0.1) is 25.4 Å². The Hall–Kier alpha value is -4.28. The maximum Gasteiger partial charge on any atom is 0.433 e. The summed E-state index contributed by atoms with van der Waals surface area (Å²) in [7, 11) is 0. The lowest BCUT2D eigenvalue weighted by atomic mass is 10.2. The highest BCUT2D eigenvalue weighted by Gasteiger charge is 2.17. The maximum atomic E-state index is 12.7. The molecule has 30 heavy (non-hydrogen) atoms. The van der Waals surface area contributed by atoms with Gasteiger partial charge in [0.1, 0.15) is 16.6 Å². The number of nitrogens with zero attached hydrogens (tertiary/aromatic N) is 5. The number of benzene rings is 1. The van der Waals surface area contributed by atoms with Crippen molar-refractivity contribution in [1.29, 1.82) is 0 Å². The van der Waals surface area contributed by atoms with E-state index >= 15 is 0 Å². The Morgan fingerprint density at radius 1 is 1.20 bits per heavy atom. The van der Waals surface area contributed by atoms with Crippen LogP contribution in [0.2, 0.25) is 0 Å². The number of furan rings is 1. The summed E-state index contributed by atoms with van der Waals surface area (Å²) >= 11 is 0. The van der Waals surface area contributed by atoms with Crippen molar-refractivity contribution < 1.29 is 14.1 Å². The Kier molecular flexibility index (Phi) is 5.08. The molecular weight excluding hydrogens is 392 g/mol. The normalized spacial score (nSPS) is 10.9. The Morgan fingerprint density at radius 3 is 2.73 bits per heavy atom. The van der Waals surface area contributed by atoms with Gasteiger partial charge < -0.3 is 9.73 Å². The molecule has 0 unspecified atom stereocenters. The van der Waals surface area contributed by atoms with Crippen LogP contribution in [0.5, 0.6) is 0 Å². The minimum Gasteiger partial charge on any atom is -0.395 e. The Balaban J connectivity index is 1.43. The summed E-state index contributed by atoms with van der Waals surface area (Å²) in [5.74, 6) is -1.25. The molecule has 0 saturated heterocycles. The van der Waals surface area contributed by atoms with Crippen molar-refractivity contribution in [2.45, 2.75) is 13.1 Å². The number of nitro groups is 1. The van der Waals surface area contributed by atoms with Gasteiger partial charge >= 0.3 is 5.88 Å². The topological polar surface area (TPSA) is 138 Å². The molecule has 0 atom stereocenters.